The molecule has 5 rings (SSSR count). The van der Waals surface area contributed by atoms with E-state index in [1.54, 1.807) is 0 Å². The van der Waals surface area contributed by atoms with Crippen LogP contribution < -0.4 is 9.80 Å². The molecule has 0 aliphatic carbocycles. The molecule has 0 aliphatic heterocycles. The van der Waals surface area contributed by atoms with Crippen LogP contribution in [0.4, 0.5) is 11.4 Å². The van der Waals surface area contributed by atoms with Crippen molar-refractivity contribution < 1.29 is 10.2 Å². The van der Waals surface area contributed by atoms with Crippen molar-refractivity contribution in [2.24, 2.45) is 0 Å². The molecule has 0 aromatic heterocycles. The van der Waals surface area contributed by atoms with Crippen molar-refractivity contribution in [1.29, 1.82) is 0 Å². The molecule has 0 spiro atoms. The number of nitrogens with zero attached hydrogens (tertiary/aromatic N) is 2. The summed E-state index contributed by atoms with van der Waals surface area (Å²) in [6.07, 6.45) is 5.23. The topological polar surface area (TPSA) is 46.9 Å². The first kappa shape index (κ1) is 40.8. The molecule has 0 amide bonds. The molecule has 4 nitrogen and oxygen atoms in total. The summed E-state index contributed by atoms with van der Waals surface area (Å²) in [5.41, 5.74) is 10.2. The van der Waals surface area contributed by atoms with Crippen molar-refractivity contribution in [3.05, 3.63) is 165 Å². The normalized spacial score (nSPS) is 13.7. The lowest BCUT2D eigenvalue weighted by Crippen LogP contribution is -2.32. The maximum absolute atomic E-state index is 12.8. The van der Waals surface area contributed by atoms with E-state index in [9.17, 15) is 10.2 Å². The molecule has 2 unspecified atom stereocenters. The molecule has 2 N–H and O–H groups in total. The van der Waals surface area contributed by atoms with Gasteiger partial charge in [-0.05, 0) is 122 Å². The van der Waals surface area contributed by atoms with E-state index in [-0.39, 0.29) is 0 Å². The maximum atomic E-state index is 12.8. The van der Waals surface area contributed by atoms with E-state index >= 15 is 0 Å². The number of benzene rings is 5. The zero-order chi connectivity index (χ0) is 38.9. The maximum Gasteiger partial charge on any atom is 0.119 e. The van der Waals surface area contributed by atoms with Crippen LogP contribution in [0.25, 0.3) is 0 Å². The van der Waals surface area contributed by atoms with E-state index in [2.05, 4.69) is 174 Å². The fourth-order valence-electron chi connectivity index (χ4n) is 8.34. The molecule has 5 aromatic rings. The highest BCUT2D eigenvalue weighted by Crippen LogP contribution is 2.39. The Morgan fingerprint density at radius 2 is 0.741 bits per heavy atom. The Hall–Kier alpha value is -4.38. The van der Waals surface area contributed by atoms with E-state index in [0.717, 1.165) is 96.4 Å². The Balaban J connectivity index is 1.49. The molecule has 0 saturated heterocycles. The second-order valence-corrected chi connectivity index (χ2v) is 15.6. The lowest BCUT2D eigenvalue weighted by molar-refractivity contribution is 0.0792. The van der Waals surface area contributed by atoms with Crippen molar-refractivity contribution >= 4 is 11.4 Å². The van der Waals surface area contributed by atoms with Gasteiger partial charge < -0.3 is 20.0 Å². The number of rotatable bonds is 18. The molecule has 0 radical (unpaired) electrons. The molecule has 0 heterocycles. The van der Waals surface area contributed by atoms with Gasteiger partial charge in [0.1, 0.15) is 11.2 Å². The minimum atomic E-state index is -1.22. The predicted octanol–water partition coefficient (Wildman–Crippen LogP) is 11.1. The number of hydrogen-bond acceptors (Lipinski definition) is 4. The van der Waals surface area contributed by atoms with Crippen LogP contribution in [0.2, 0.25) is 0 Å². The van der Waals surface area contributed by atoms with Gasteiger partial charge >= 0.3 is 0 Å². The lowest BCUT2D eigenvalue weighted by Gasteiger charge is -2.33. The minimum absolute atomic E-state index is 0.430. The predicted molar refractivity (Wildman–Crippen MR) is 230 cm³/mol. The van der Waals surface area contributed by atoms with Crippen molar-refractivity contribution in [1.82, 2.24) is 0 Å². The van der Waals surface area contributed by atoms with Crippen molar-refractivity contribution in [3.63, 3.8) is 0 Å². The highest BCUT2D eigenvalue weighted by Gasteiger charge is 2.35. The Bertz CT molecular complexity index is 1780. The van der Waals surface area contributed by atoms with Gasteiger partial charge in [0, 0.05) is 50.4 Å². The molecule has 0 bridgehead atoms. The van der Waals surface area contributed by atoms with Crippen molar-refractivity contribution in [3.8, 4) is 0 Å². The van der Waals surface area contributed by atoms with Gasteiger partial charge in [-0.1, -0.05) is 124 Å². The first-order valence-electron chi connectivity index (χ1n) is 20.3. The standard InChI is InChI=1S/C50H64N2O2/c1-9-29-51(30-10-2)45-23-19-43(20-24-45)49(53,47-27-13-37(5)33-39(47)7)35-41-15-17-42(18-16-41)36-50(54,48-28-14-38(6)34-40(48)8)44-21-25-46(26-22-44)52(31-11-3)32-12-4/h13-28,33-34,53-54H,9-12,29-32,35-36H2,1-8H3. The molecule has 4 heteroatoms. The van der Waals surface area contributed by atoms with Gasteiger partial charge in [-0.2, -0.15) is 0 Å². The molecule has 54 heavy (non-hydrogen) atoms. The fraction of sp³-hybridized carbons (Fsp3) is 0.400. The molecule has 0 aliphatic rings. The summed E-state index contributed by atoms with van der Waals surface area (Å²) in [6.45, 7) is 21.3. The summed E-state index contributed by atoms with van der Waals surface area (Å²) in [6, 6.07) is 38.3. The minimum Gasteiger partial charge on any atom is -0.380 e. The third-order valence-electron chi connectivity index (χ3n) is 11.0. The van der Waals surface area contributed by atoms with Gasteiger partial charge in [-0.15, -0.1) is 0 Å². The molecule has 0 fully saturated rings. The molecule has 5 aromatic carbocycles. The van der Waals surface area contributed by atoms with Crippen LogP contribution in [0.5, 0.6) is 0 Å². The van der Waals surface area contributed by atoms with Gasteiger partial charge in [-0.3, -0.25) is 0 Å². The first-order chi connectivity index (χ1) is 25.9. The Labute approximate surface area is 326 Å². The van der Waals surface area contributed by atoms with Crippen LogP contribution >= 0.6 is 0 Å². The smallest absolute Gasteiger partial charge is 0.119 e. The largest absolute Gasteiger partial charge is 0.380 e. The van der Waals surface area contributed by atoms with Gasteiger partial charge in [0.25, 0.3) is 0 Å². The average Bonchev–Trinajstić information content (AvgIpc) is 3.15. The van der Waals surface area contributed by atoms with E-state index in [4.69, 9.17) is 0 Å². The molecular formula is C50H64N2O2. The molecule has 286 valence electrons. The Kier molecular flexibility index (Phi) is 13.8. The van der Waals surface area contributed by atoms with Crippen LogP contribution in [-0.2, 0) is 24.0 Å². The summed E-state index contributed by atoms with van der Waals surface area (Å²) < 4.78 is 0. The van der Waals surface area contributed by atoms with Crippen molar-refractivity contribution in [2.45, 2.75) is 105 Å². The quantitative estimate of drug-likeness (QED) is 0.0945. The van der Waals surface area contributed by atoms with E-state index in [1.807, 2.05) is 0 Å². The highest BCUT2D eigenvalue weighted by atomic mass is 16.3. The van der Waals surface area contributed by atoms with Crippen LogP contribution in [0.1, 0.15) is 109 Å². The summed E-state index contributed by atoms with van der Waals surface area (Å²) in [7, 11) is 0. The fourth-order valence-corrected chi connectivity index (χ4v) is 8.34. The van der Waals surface area contributed by atoms with E-state index in [0.29, 0.717) is 12.8 Å². The monoisotopic (exact) mass is 724 g/mol. The Morgan fingerprint density at radius 1 is 0.426 bits per heavy atom. The third kappa shape index (κ3) is 9.28. The van der Waals surface area contributed by atoms with Crippen LogP contribution in [-0.4, -0.2) is 36.4 Å². The van der Waals surface area contributed by atoms with Crippen LogP contribution in [0.3, 0.4) is 0 Å². The van der Waals surface area contributed by atoms with Crippen LogP contribution in [0.15, 0.2) is 109 Å². The zero-order valence-electron chi connectivity index (χ0n) is 34.3. The van der Waals surface area contributed by atoms with Crippen molar-refractivity contribution in [2.75, 3.05) is 36.0 Å². The zero-order valence-corrected chi connectivity index (χ0v) is 34.3. The van der Waals surface area contributed by atoms with E-state index in [1.165, 1.54) is 22.5 Å². The van der Waals surface area contributed by atoms with Gasteiger partial charge in [-0.25, -0.2) is 0 Å². The lowest BCUT2D eigenvalue weighted by atomic mass is 9.77. The average molecular weight is 725 g/mol. The third-order valence-corrected chi connectivity index (χ3v) is 11.0. The van der Waals surface area contributed by atoms with Gasteiger partial charge in [0.2, 0.25) is 0 Å². The highest BCUT2D eigenvalue weighted by molar-refractivity contribution is 5.53. The summed E-state index contributed by atoms with van der Waals surface area (Å²) in [5, 5.41) is 25.6. The summed E-state index contributed by atoms with van der Waals surface area (Å²) >= 11 is 0. The summed E-state index contributed by atoms with van der Waals surface area (Å²) in [4.78, 5) is 4.86. The van der Waals surface area contributed by atoms with Crippen LogP contribution in [0, 0.1) is 27.7 Å². The first-order valence-corrected chi connectivity index (χ1v) is 20.3. The second kappa shape index (κ2) is 18.3. The SMILES string of the molecule is CCCN(CCC)c1ccc(C(O)(Cc2ccc(CC(O)(c3ccc(N(CCC)CCC)cc3)c3ccc(C)cc3C)cc2)c2ccc(C)cc2C)cc1. The van der Waals surface area contributed by atoms with E-state index < -0.39 is 11.2 Å². The molecule has 0 saturated carbocycles. The molecular weight excluding hydrogens is 661 g/mol. The second-order valence-electron chi connectivity index (χ2n) is 15.6. The van der Waals surface area contributed by atoms with Gasteiger partial charge in [0.05, 0.1) is 0 Å². The Morgan fingerprint density at radius 3 is 1.02 bits per heavy atom. The number of anilines is 2. The van der Waals surface area contributed by atoms with Gasteiger partial charge in [0.15, 0.2) is 0 Å². The summed E-state index contributed by atoms with van der Waals surface area (Å²) in [5.74, 6) is 0. The number of hydrogen-bond donors (Lipinski definition) is 2. The molecule has 2 atom stereocenters. The number of aliphatic hydroxyl groups is 2. The number of aryl methyl sites for hydroxylation is 4.